The fraction of sp³-hybridized carbons (Fsp3) is 0.438. The average molecular weight is 298 g/mol. The maximum Gasteiger partial charge on any atom is 0.157 e. The molecule has 0 amide bonds. The third-order valence-corrected chi connectivity index (χ3v) is 4.02. The Morgan fingerprint density at radius 3 is 2.73 bits per heavy atom. The van der Waals surface area contributed by atoms with E-state index < -0.39 is 0 Å². The van der Waals surface area contributed by atoms with Gasteiger partial charge in [0.05, 0.1) is 17.9 Å². The van der Waals surface area contributed by atoms with Crippen molar-refractivity contribution >= 4 is 11.5 Å². The van der Waals surface area contributed by atoms with Crippen LogP contribution >= 0.6 is 0 Å². The number of anilines is 1. The molecule has 0 saturated heterocycles. The normalized spacial score (nSPS) is 12.8. The van der Waals surface area contributed by atoms with Crippen molar-refractivity contribution < 1.29 is 0 Å². The predicted octanol–water partition coefficient (Wildman–Crippen LogP) is 3.04. The van der Waals surface area contributed by atoms with Crippen molar-refractivity contribution in [3.8, 4) is 0 Å². The molecule has 0 aliphatic heterocycles. The van der Waals surface area contributed by atoms with Crippen molar-refractivity contribution in [2.24, 2.45) is 0 Å². The molecule has 3 aromatic heterocycles. The molecule has 1 N–H and O–H groups in total. The summed E-state index contributed by atoms with van der Waals surface area (Å²) in [6.45, 7) is 11.3. The summed E-state index contributed by atoms with van der Waals surface area (Å²) in [5, 5.41) is 12.5. The Morgan fingerprint density at radius 2 is 2.05 bits per heavy atom. The van der Waals surface area contributed by atoms with E-state index in [0.717, 1.165) is 29.4 Å². The van der Waals surface area contributed by atoms with Gasteiger partial charge in [-0.15, -0.1) is 0 Å². The lowest BCUT2D eigenvalue weighted by atomic mass is 10.1. The van der Waals surface area contributed by atoms with Gasteiger partial charge in [-0.05, 0) is 34.6 Å². The smallest absolute Gasteiger partial charge is 0.157 e. The molecule has 0 bridgehead atoms. The van der Waals surface area contributed by atoms with Gasteiger partial charge in [-0.3, -0.25) is 4.68 Å². The van der Waals surface area contributed by atoms with Crippen LogP contribution in [0.1, 0.15) is 42.5 Å². The van der Waals surface area contributed by atoms with Gasteiger partial charge in [-0.2, -0.15) is 14.7 Å². The molecule has 3 aromatic rings. The van der Waals surface area contributed by atoms with Crippen LogP contribution in [-0.4, -0.2) is 24.4 Å². The summed E-state index contributed by atoms with van der Waals surface area (Å²) < 4.78 is 3.88. The third kappa shape index (κ3) is 2.34. The van der Waals surface area contributed by atoms with Gasteiger partial charge in [0.25, 0.3) is 0 Å². The molecule has 3 rings (SSSR count). The van der Waals surface area contributed by atoms with Crippen LogP contribution < -0.4 is 5.32 Å². The number of nitrogens with zero attached hydrogens (tertiary/aromatic N) is 5. The minimum Gasteiger partial charge on any atom is -0.363 e. The zero-order chi connectivity index (χ0) is 15.9. The second-order valence-corrected chi connectivity index (χ2v) is 5.65. The first kappa shape index (κ1) is 14.6. The van der Waals surface area contributed by atoms with Crippen molar-refractivity contribution in [3.05, 3.63) is 41.0 Å². The summed E-state index contributed by atoms with van der Waals surface area (Å²) in [5.41, 5.74) is 5.36. The second-order valence-electron chi connectivity index (χ2n) is 5.65. The third-order valence-electron chi connectivity index (χ3n) is 4.02. The lowest BCUT2D eigenvalue weighted by molar-refractivity contribution is 0.632. The van der Waals surface area contributed by atoms with Crippen molar-refractivity contribution in [1.82, 2.24) is 24.4 Å². The molecule has 0 aliphatic rings. The van der Waals surface area contributed by atoms with Gasteiger partial charge >= 0.3 is 0 Å². The van der Waals surface area contributed by atoms with Crippen LogP contribution in [0, 0.1) is 20.8 Å². The van der Waals surface area contributed by atoms with Gasteiger partial charge in [0, 0.05) is 35.6 Å². The number of fused-ring (bicyclic) bond motifs is 1. The summed E-state index contributed by atoms with van der Waals surface area (Å²) in [5.74, 6) is 0.947. The zero-order valence-corrected chi connectivity index (χ0v) is 13.8. The topological polar surface area (TPSA) is 60.0 Å². The summed E-state index contributed by atoms with van der Waals surface area (Å²) in [6, 6.07) is 4.08. The molecule has 0 saturated carbocycles. The Hall–Kier alpha value is -2.37. The second kappa shape index (κ2) is 5.44. The molecule has 3 heterocycles. The molecule has 116 valence electrons. The van der Waals surface area contributed by atoms with Crippen LogP contribution in [0.5, 0.6) is 0 Å². The molecular weight excluding hydrogens is 276 g/mol. The SMILES string of the molecule is CCn1nc(C)c([C@@H](C)Nc2cc(C)nc3ccnn23)c1C. The molecule has 0 radical (unpaired) electrons. The van der Waals surface area contributed by atoms with Gasteiger partial charge in [0.1, 0.15) is 5.82 Å². The molecule has 0 aromatic carbocycles. The summed E-state index contributed by atoms with van der Waals surface area (Å²) in [6.07, 6.45) is 1.77. The van der Waals surface area contributed by atoms with Gasteiger partial charge < -0.3 is 5.32 Å². The highest BCUT2D eigenvalue weighted by molar-refractivity contribution is 5.50. The molecular formula is C16H22N6. The van der Waals surface area contributed by atoms with E-state index in [9.17, 15) is 0 Å². The number of hydrogen-bond acceptors (Lipinski definition) is 4. The number of nitrogens with one attached hydrogen (secondary N) is 1. The Morgan fingerprint density at radius 1 is 1.27 bits per heavy atom. The van der Waals surface area contributed by atoms with Crippen LogP contribution in [0.3, 0.4) is 0 Å². The summed E-state index contributed by atoms with van der Waals surface area (Å²) >= 11 is 0. The Labute approximate surface area is 130 Å². The van der Waals surface area contributed by atoms with Crippen molar-refractivity contribution in [2.75, 3.05) is 5.32 Å². The minimum atomic E-state index is 0.148. The van der Waals surface area contributed by atoms with E-state index in [2.05, 4.69) is 48.2 Å². The van der Waals surface area contributed by atoms with Crippen molar-refractivity contribution in [1.29, 1.82) is 0 Å². The van der Waals surface area contributed by atoms with Crippen LogP contribution in [0.2, 0.25) is 0 Å². The van der Waals surface area contributed by atoms with E-state index in [1.54, 1.807) is 6.20 Å². The molecule has 22 heavy (non-hydrogen) atoms. The van der Waals surface area contributed by atoms with Crippen molar-refractivity contribution in [2.45, 2.75) is 47.2 Å². The van der Waals surface area contributed by atoms with Crippen LogP contribution in [-0.2, 0) is 6.54 Å². The largest absolute Gasteiger partial charge is 0.363 e. The standard InChI is InChI=1S/C16H22N6/c1-6-21-13(5)16(12(4)20-21)11(3)19-15-9-10(2)18-14-7-8-17-22(14)15/h7-9,11,19H,6H2,1-5H3/t11-/m1/s1. The molecule has 6 heteroatoms. The van der Waals surface area contributed by atoms with Crippen LogP contribution in [0.15, 0.2) is 18.3 Å². The first-order chi connectivity index (χ1) is 10.5. The summed E-state index contributed by atoms with van der Waals surface area (Å²) in [4.78, 5) is 4.47. The highest BCUT2D eigenvalue weighted by atomic mass is 15.3. The molecule has 0 spiro atoms. The molecule has 1 atom stereocenters. The number of hydrogen-bond donors (Lipinski definition) is 1. The van der Waals surface area contributed by atoms with Crippen LogP contribution in [0.25, 0.3) is 5.65 Å². The fourth-order valence-corrected chi connectivity index (χ4v) is 3.08. The van der Waals surface area contributed by atoms with Gasteiger partial charge in [-0.25, -0.2) is 4.98 Å². The Kier molecular flexibility index (Phi) is 3.60. The quantitative estimate of drug-likeness (QED) is 0.804. The van der Waals surface area contributed by atoms with Gasteiger partial charge in [-0.1, -0.05) is 0 Å². The highest BCUT2D eigenvalue weighted by Gasteiger charge is 2.18. The van der Waals surface area contributed by atoms with Crippen LogP contribution in [0.4, 0.5) is 5.82 Å². The maximum absolute atomic E-state index is 4.60. The summed E-state index contributed by atoms with van der Waals surface area (Å²) in [7, 11) is 0. The molecule has 0 fully saturated rings. The fourth-order valence-electron chi connectivity index (χ4n) is 3.08. The highest BCUT2D eigenvalue weighted by Crippen LogP contribution is 2.25. The lowest BCUT2D eigenvalue weighted by Gasteiger charge is -2.17. The maximum atomic E-state index is 4.60. The molecule has 0 unspecified atom stereocenters. The first-order valence-corrected chi connectivity index (χ1v) is 7.63. The monoisotopic (exact) mass is 298 g/mol. The molecule has 6 nitrogen and oxygen atoms in total. The zero-order valence-electron chi connectivity index (χ0n) is 13.8. The molecule has 0 aliphatic carbocycles. The van der Waals surface area contributed by atoms with E-state index in [0.29, 0.717) is 0 Å². The van der Waals surface area contributed by atoms with Crippen molar-refractivity contribution in [3.63, 3.8) is 0 Å². The van der Waals surface area contributed by atoms with Gasteiger partial charge in [0.2, 0.25) is 0 Å². The number of aryl methyl sites for hydroxylation is 3. The van der Waals surface area contributed by atoms with Gasteiger partial charge in [0.15, 0.2) is 5.65 Å². The van der Waals surface area contributed by atoms with E-state index in [1.807, 2.05) is 28.3 Å². The Balaban J connectivity index is 1.98. The van der Waals surface area contributed by atoms with E-state index in [4.69, 9.17) is 0 Å². The first-order valence-electron chi connectivity index (χ1n) is 7.63. The minimum absolute atomic E-state index is 0.148. The lowest BCUT2D eigenvalue weighted by Crippen LogP contribution is -2.13. The number of aromatic nitrogens is 5. The van der Waals surface area contributed by atoms with E-state index >= 15 is 0 Å². The number of rotatable bonds is 4. The predicted molar refractivity (Wildman–Crippen MR) is 87.1 cm³/mol. The Bertz CT molecular complexity index is 814. The average Bonchev–Trinajstić information content (AvgIpc) is 3.03. The van der Waals surface area contributed by atoms with E-state index in [1.165, 1.54) is 11.3 Å². The van der Waals surface area contributed by atoms with E-state index in [-0.39, 0.29) is 6.04 Å².